The van der Waals surface area contributed by atoms with Crippen molar-refractivity contribution in [1.82, 2.24) is 0 Å². The summed E-state index contributed by atoms with van der Waals surface area (Å²) in [5.74, 6) is -1.28. The summed E-state index contributed by atoms with van der Waals surface area (Å²) in [4.78, 5) is 0. The second kappa shape index (κ2) is 6.02. The lowest BCUT2D eigenvalue weighted by molar-refractivity contribution is 0.586. The molecule has 0 saturated carbocycles. The molecule has 0 aliphatic carbocycles. The predicted octanol–water partition coefficient (Wildman–Crippen LogP) is 4.60. The van der Waals surface area contributed by atoms with E-state index in [0.29, 0.717) is 5.70 Å². The Balaban J connectivity index is 2.19. The minimum absolute atomic E-state index is 0.179. The Labute approximate surface area is 116 Å². The van der Waals surface area contributed by atoms with Crippen LogP contribution in [0.3, 0.4) is 0 Å². The lowest BCUT2D eigenvalue weighted by Crippen LogP contribution is -2.00. The first-order valence-corrected chi connectivity index (χ1v) is 5.99. The van der Waals surface area contributed by atoms with E-state index in [1.165, 1.54) is 12.1 Å². The average molecular weight is 272 g/mol. The Morgan fingerprint density at radius 3 is 2.60 bits per heavy atom. The van der Waals surface area contributed by atoms with E-state index >= 15 is 0 Å². The van der Waals surface area contributed by atoms with Crippen LogP contribution < -0.4 is 10.6 Å². The zero-order valence-electron chi connectivity index (χ0n) is 10.8. The first-order chi connectivity index (χ1) is 9.60. The Kier molecular flexibility index (Phi) is 4.15. The maximum absolute atomic E-state index is 13.6. The number of nitrogens with one attached hydrogen (secondary N) is 2. The van der Waals surface area contributed by atoms with Crippen LogP contribution in [0.1, 0.15) is 5.56 Å². The normalized spacial score (nSPS) is 9.90. The van der Waals surface area contributed by atoms with Crippen molar-refractivity contribution in [3.63, 3.8) is 0 Å². The average Bonchev–Trinajstić information content (AvgIpc) is 2.42. The van der Waals surface area contributed by atoms with Crippen LogP contribution in [0, 0.1) is 11.6 Å². The van der Waals surface area contributed by atoms with Crippen LogP contribution in [-0.4, -0.2) is 0 Å². The second-order valence-corrected chi connectivity index (χ2v) is 4.16. The molecule has 0 saturated heterocycles. The zero-order chi connectivity index (χ0) is 14.5. The molecule has 0 heterocycles. The second-order valence-electron chi connectivity index (χ2n) is 4.16. The monoisotopic (exact) mass is 272 g/mol. The van der Waals surface area contributed by atoms with Gasteiger partial charge in [0.25, 0.3) is 0 Å². The van der Waals surface area contributed by atoms with Crippen molar-refractivity contribution < 1.29 is 8.78 Å². The summed E-state index contributed by atoms with van der Waals surface area (Å²) < 4.78 is 26.4. The molecule has 0 unspecified atom stereocenters. The van der Waals surface area contributed by atoms with Gasteiger partial charge >= 0.3 is 0 Å². The van der Waals surface area contributed by atoms with Crippen molar-refractivity contribution in [1.29, 1.82) is 0 Å². The van der Waals surface area contributed by atoms with Gasteiger partial charge in [0.15, 0.2) is 0 Å². The van der Waals surface area contributed by atoms with Gasteiger partial charge in [0.05, 0.1) is 5.69 Å². The summed E-state index contributed by atoms with van der Waals surface area (Å²) >= 11 is 0. The summed E-state index contributed by atoms with van der Waals surface area (Å²) in [7, 11) is 0. The van der Waals surface area contributed by atoms with Gasteiger partial charge in [-0.25, -0.2) is 8.78 Å². The molecule has 0 aliphatic heterocycles. The molecule has 0 fully saturated rings. The van der Waals surface area contributed by atoms with Crippen LogP contribution in [0.15, 0.2) is 61.8 Å². The molecule has 4 heteroatoms. The molecule has 0 bridgehead atoms. The molecule has 2 rings (SSSR count). The van der Waals surface area contributed by atoms with Crippen molar-refractivity contribution in [3.05, 3.63) is 79.0 Å². The minimum Gasteiger partial charge on any atom is -0.362 e. The third-order valence-electron chi connectivity index (χ3n) is 2.70. The fraction of sp³-hybridized carbons (Fsp3) is 0. The van der Waals surface area contributed by atoms with E-state index in [1.54, 1.807) is 6.20 Å². The van der Waals surface area contributed by atoms with E-state index < -0.39 is 11.6 Å². The predicted molar refractivity (Wildman–Crippen MR) is 79.3 cm³/mol. The van der Waals surface area contributed by atoms with Crippen LogP contribution in [0.25, 0.3) is 5.70 Å². The molecule has 0 spiro atoms. The molecule has 2 N–H and O–H groups in total. The van der Waals surface area contributed by atoms with Crippen molar-refractivity contribution in [2.75, 3.05) is 10.6 Å². The largest absolute Gasteiger partial charge is 0.362 e. The molecule has 0 radical (unpaired) electrons. The molecular formula is C16H14F2N2. The summed E-state index contributed by atoms with van der Waals surface area (Å²) in [5, 5.41) is 5.79. The van der Waals surface area contributed by atoms with Crippen molar-refractivity contribution >= 4 is 17.1 Å². The number of rotatable bonds is 5. The molecule has 2 nitrogen and oxygen atoms in total. The van der Waals surface area contributed by atoms with Gasteiger partial charge in [0.1, 0.15) is 11.6 Å². The highest BCUT2D eigenvalue weighted by Gasteiger charge is 2.06. The Hall–Kier alpha value is -2.62. The molecule has 20 heavy (non-hydrogen) atoms. The van der Waals surface area contributed by atoms with Gasteiger partial charge in [0.2, 0.25) is 0 Å². The van der Waals surface area contributed by atoms with E-state index in [0.717, 1.165) is 17.3 Å². The van der Waals surface area contributed by atoms with E-state index in [4.69, 9.17) is 0 Å². The van der Waals surface area contributed by atoms with Gasteiger partial charge in [0, 0.05) is 17.5 Å². The third kappa shape index (κ3) is 3.23. The summed E-state index contributed by atoms with van der Waals surface area (Å²) in [6.45, 7) is 7.44. The standard InChI is InChI=1S/C16H14F2N2/c1-3-19-14-6-4-5-12(9-14)11(2)20-16-8-7-13(17)10-15(16)18/h3-10,19-20H,1-2H2. The van der Waals surface area contributed by atoms with Crippen LogP contribution >= 0.6 is 0 Å². The highest BCUT2D eigenvalue weighted by atomic mass is 19.1. The fourth-order valence-corrected chi connectivity index (χ4v) is 1.74. The van der Waals surface area contributed by atoms with Crippen molar-refractivity contribution in [2.45, 2.75) is 0 Å². The molecule has 102 valence electrons. The first-order valence-electron chi connectivity index (χ1n) is 5.99. The molecular weight excluding hydrogens is 258 g/mol. The van der Waals surface area contributed by atoms with Gasteiger partial charge in [-0.1, -0.05) is 25.3 Å². The Morgan fingerprint density at radius 2 is 1.90 bits per heavy atom. The smallest absolute Gasteiger partial charge is 0.149 e. The Morgan fingerprint density at radius 1 is 1.10 bits per heavy atom. The van der Waals surface area contributed by atoms with E-state index in [2.05, 4.69) is 23.8 Å². The maximum atomic E-state index is 13.6. The lowest BCUT2D eigenvalue weighted by atomic mass is 10.1. The molecule has 0 aliphatic rings. The van der Waals surface area contributed by atoms with Gasteiger partial charge in [-0.15, -0.1) is 0 Å². The van der Waals surface area contributed by atoms with E-state index in [1.807, 2.05) is 24.3 Å². The highest BCUT2D eigenvalue weighted by Crippen LogP contribution is 2.22. The zero-order valence-corrected chi connectivity index (χ0v) is 10.8. The van der Waals surface area contributed by atoms with Gasteiger partial charge in [-0.3, -0.25) is 0 Å². The molecule has 0 amide bonds. The van der Waals surface area contributed by atoms with Crippen LogP contribution in [-0.2, 0) is 0 Å². The molecule has 2 aromatic carbocycles. The number of benzene rings is 2. The maximum Gasteiger partial charge on any atom is 0.149 e. The van der Waals surface area contributed by atoms with Gasteiger partial charge < -0.3 is 10.6 Å². The molecule has 0 aromatic heterocycles. The topological polar surface area (TPSA) is 24.1 Å². The molecule has 0 atom stereocenters. The van der Waals surface area contributed by atoms with E-state index in [9.17, 15) is 8.78 Å². The van der Waals surface area contributed by atoms with Gasteiger partial charge in [-0.2, -0.15) is 0 Å². The van der Waals surface area contributed by atoms with Crippen LogP contribution in [0.2, 0.25) is 0 Å². The first kappa shape index (κ1) is 13.8. The number of anilines is 2. The van der Waals surface area contributed by atoms with Crippen LogP contribution in [0.4, 0.5) is 20.2 Å². The van der Waals surface area contributed by atoms with Crippen LogP contribution in [0.5, 0.6) is 0 Å². The SMILES string of the molecule is C=CNc1cccc(C(=C)Nc2ccc(F)cc2F)c1. The van der Waals surface area contributed by atoms with E-state index in [-0.39, 0.29) is 5.69 Å². The van der Waals surface area contributed by atoms with Crippen molar-refractivity contribution in [3.8, 4) is 0 Å². The summed E-state index contributed by atoms with van der Waals surface area (Å²) in [6.07, 6.45) is 1.56. The number of halogens is 2. The third-order valence-corrected chi connectivity index (χ3v) is 2.70. The lowest BCUT2D eigenvalue weighted by Gasteiger charge is -2.12. The fourth-order valence-electron chi connectivity index (χ4n) is 1.74. The Bertz CT molecular complexity index is 651. The number of hydrogen-bond acceptors (Lipinski definition) is 2. The quantitative estimate of drug-likeness (QED) is 0.831. The van der Waals surface area contributed by atoms with Gasteiger partial charge in [-0.05, 0) is 36.0 Å². The highest BCUT2D eigenvalue weighted by molar-refractivity contribution is 5.77. The molecule has 2 aromatic rings. The number of hydrogen-bond donors (Lipinski definition) is 2. The van der Waals surface area contributed by atoms with Crippen molar-refractivity contribution in [2.24, 2.45) is 0 Å². The summed E-state index contributed by atoms with van der Waals surface area (Å²) in [6, 6.07) is 10.7. The summed E-state index contributed by atoms with van der Waals surface area (Å²) in [5.41, 5.74) is 2.34. The minimum atomic E-state index is -0.661.